The molecule has 1 atom stereocenters. The first kappa shape index (κ1) is 21.9. The van der Waals surface area contributed by atoms with Gasteiger partial charge in [0.05, 0.1) is 6.54 Å². The van der Waals surface area contributed by atoms with Gasteiger partial charge in [0.15, 0.2) is 0 Å². The number of ether oxygens (including phenoxy) is 1. The van der Waals surface area contributed by atoms with Crippen LogP contribution < -0.4 is 0 Å². The monoisotopic (exact) mass is 443 g/mol. The van der Waals surface area contributed by atoms with E-state index in [1.807, 2.05) is 4.90 Å². The standard InChI is InChI=1S/C28H33N3O2/c1-29-15-17-30(18-16-29)19-22-7-11-24(12-8-22)25-13-9-23(10-14-25)20-31-21-27(33-28(31)32)26-5-3-2-4-6-26/h2-3,5,7-14,27H,4,6,15-21H2,1H3/t27-/m0/s1. The first-order chi connectivity index (χ1) is 16.1. The Morgan fingerprint density at radius 3 is 2.12 bits per heavy atom. The van der Waals surface area contributed by atoms with E-state index in [1.165, 1.54) is 22.3 Å². The lowest BCUT2D eigenvalue weighted by Gasteiger charge is -2.32. The fourth-order valence-electron chi connectivity index (χ4n) is 4.81. The molecule has 0 aromatic heterocycles. The summed E-state index contributed by atoms with van der Waals surface area (Å²) in [5.74, 6) is 0. The molecule has 0 unspecified atom stereocenters. The summed E-state index contributed by atoms with van der Waals surface area (Å²) >= 11 is 0. The van der Waals surface area contributed by atoms with Crippen molar-refractivity contribution in [3.63, 3.8) is 0 Å². The van der Waals surface area contributed by atoms with Gasteiger partial charge in [0.25, 0.3) is 0 Å². The van der Waals surface area contributed by atoms with Crippen LogP contribution in [0.25, 0.3) is 11.1 Å². The maximum atomic E-state index is 12.4. The number of hydrogen-bond donors (Lipinski definition) is 0. The number of rotatable bonds is 6. The number of allylic oxidation sites excluding steroid dienone is 3. The quantitative estimate of drug-likeness (QED) is 0.649. The zero-order chi connectivity index (χ0) is 22.6. The number of hydrogen-bond acceptors (Lipinski definition) is 4. The van der Waals surface area contributed by atoms with Crippen LogP contribution in [-0.4, -0.2) is 66.7 Å². The van der Waals surface area contributed by atoms with E-state index in [0.717, 1.165) is 51.1 Å². The molecule has 172 valence electrons. The molecule has 0 radical (unpaired) electrons. The van der Waals surface area contributed by atoms with E-state index in [0.29, 0.717) is 13.1 Å². The first-order valence-corrected chi connectivity index (χ1v) is 12.0. The van der Waals surface area contributed by atoms with Gasteiger partial charge < -0.3 is 9.64 Å². The molecule has 2 aromatic carbocycles. The number of carbonyl (C=O) groups is 1. The highest BCUT2D eigenvalue weighted by Gasteiger charge is 2.33. The third kappa shape index (κ3) is 5.37. The van der Waals surface area contributed by atoms with Gasteiger partial charge in [-0.1, -0.05) is 66.8 Å². The molecule has 2 heterocycles. The second kappa shape index (κ2) is 9.94. The van der Waals surface area contributed by atoms with Crippen LogP contribution >= 0.6 is 0 Å². The lowest BCUT2D eigenvalue weighted by Crippen LogP contribution is -2.43. The van der Waals surface area contributed by atoms with Crippen molar-refractivity contribution >= 4 is 6.09 Å². The molecule has 0 N–H and O–H groups in total. The summed E-state index contributed by atoms with van der Waals surface area (Å²) in [7, 11) is 2.19. The number of likely N-dealkylation sites (N-methyl/N-ethyl adjacent to an activating group) is 1. The molecule has 0 saturated carbocycles. The van der Waals surface area contributed by atoms with Gasteiger partial charge in [-0.15, -0.1) is 0 Å². The van der Waals surface area contributed by atoms with E-state index in [2.05, 4.69) is 83.6 Å². The molecule has 3 aliphatic rings. The normalized spacial score (nSPS) is 21.8. The molecule has 2 fully saturated rings. The van der Waals surface area contributed by atoms with Gasteiger partial charge in [-0.2, -0.15) is 0 Å². The van der Waals surface area contributed by atoms with Gasteiger partial charge in [0.2, 0.25) is 0 Å². The number of amides is 1. The van der Waals surface area contributed by atoms with Crippen LogP contribution in [0.4, 0.5) is 4.79 Å². The highest BCUT2D eigenvalue weighted by molar-refractivity contribution is 5.71. The molecule has 2 aliphatic heterocycles. The predicted molar refractivity (Wildman–Crippen MR) is 132 cm³/mol. The van der Waals surface area contributed by atoms with E-state index in [1.54, 1.807) is 0 Å². The van der Waals surface area contributed by atoms with Crippen molar-refractivity contribution in [3.8, 4) is 11.1 Å². The molecular formula is C28H33N3O2. The second-order valence-electron chi connectivity index (χ2n) is 9.43. The lowest BCUT2D eigenvalue weighted by molar-refractivity contribution is 0.141. The Labute approximate surface area is 196 Å². The van der Waals surface area contributed by atoms with Crippen LogP contribution in [0.1, 0.15) is 24.0 Å². The van der Waals surface area contributed by atoms with E-state index in [4.69, 9.17) is 4.74 Å². The van der Waals surface area contributed by atoms with Crippen molar-refractivity contribution in [2.24, 2.45) is 0 Å². The van der Waals surface area contributed by atoms with Crippen LogP contribution in [0.15, 0.2) is 72.3 Å². The smallest absolute Gasteiger partial charge is 0.410 e. The molecule has 2 saturated heterocycles. The minimum atomic E-state index is -0.213. The number of piperazine rings is 1. The third-order valence-electron chi connectivity index (χ3n) is 6.96. The SMILES string of the molecule is CN1CCN(Cc2ccc(-c3ccc(CN4C[C@@H](C5=CC=CCC5)OC4=O)cc3)cc2)CC1. The number of carbonyl (C=O) groups excluding carboxylic acids is 1. The van der Waals surface area contributed by atoms with Crippen LogP contribution in [0.5, 0.6) is 0 Å². The molecule has 5 nitrogen and oxygen atoms in total. The fourth-order valence-corrected chi connectivity index (χ4v) is 4.81. The average molecular weight is 444 g/mol. The Bertz CT molecular complexity index is 1020. The summed E-state index contributed by atoms with van der Waals surface area (Å²) in [6.07, 6.45) is 7.99. The molecule has 33 heavy (non-hydrogen) atoms. The summed E-state index contributed by atoms with van der Waals surface area (Å²) in [5.41, 5.74) is 6.14. The minimum Gasteiger partial charge on any atom is -0.440 e. The van der Waals surface area contributed by atoms with Gasteiger partial charge in [0.1, 0.15) is 6.10 Å². The zero-order valence-electron chi connectivity index (χ0n) is 19.5. The summed E-state index contributed by atoms with van der Waals surface area (Å²) in [6, 6.07) is 17.5. The van der Waals surface area contributed by atoms with Gasteiger partial charge >= 0.3 is 6.09 Å². The number of benzene rings is 2. The molecule has 0 bridgehead atoms. The van der Waals surface area contributed by atoms with Crippen molar-refractivity contribution in [1.29, 1.82) is 0 Å². The molecule has 5 heteroatoms. The van der Waals surface area contributed by atoms with Crippen LogP contribution in [0, 0.1) is 0 Å². The number of nitrogens with zero attached hydrogens (tertiary/aromatic N) is 3. The largest absolute Gasteiger partial charge is 0.440 e. The Balaban J connectivity index is 1.17. The van der Waals surface area contributed by atoms with Crippen LogP contribution in [-0.2, 0) is 17.8 Å². The fraction of sp³-hybridized carbons (Fsp3) is 0.393. The van der Waals surface area contributed by atoms with Crippen molar-refractivity contribution in [3.05, 3.63) is 83.5 Å². The Kier molecular flexibility index (Phi) is 6.60. The van der Waals surface area contributed by atoms with E-state index < -0.39 is 0 Å². The minimum absolute atomic E-state index is 0.105. The lowest BCUT2D eigenvalue weighted by atomic mass is 9.99. The van der Waals surface area contributed by atoms with Crippen molar-refractivity contribution in [2.75, 3.05) is 39.8 Å². The molecule has 2 aromatic rings. The molecule has 5 rings (SSSR count). The Morgan fingerprint density at radius 1 is 0.879 bits per heavy atom. The van der Waals surface area contributed by atoms with E-state index in [-0.39, 0.29) is 12.2 Å². The van der Waals surface area contributed by atoms with Gasteiger partial charge in [-0.25, -0.2) is 4.79 Å². The van der Waals surface area contributed by atoms with Crippen LogP contribution in [0.2, 0.25) is 0 Å². The van der Waals surface area contributed by atoms with Crippen LogP contribution in [0.3, 0.4) is 0 Å². The number of cyclic esters (lactones) is 1. The molecule has 1 amide bonds. The third-order valence-corrected chi connectivity index (χ3v) is 6.96. The summed E-state index contributed by atoms with van der Waals surface area (Å²) in [4.78, 5) is 19.1. The highest BCUT2D eigenvalue weighted by atomic mass is 16.6. The Morgan fingerprint density at radius 2 is 1.52 bits per heavy atom. The molecular weight excluding hydrogens is 410 g/mol. The maximum Gasteiger partial charge on any atom is 0.410 e. The molecule has 0 spiro atoms. The Hall–Kier alpha value is -2.89. The van der Waals surface area contributed by atoms with Crippen molar-refractivity contribution in [1.82, 2.24) is 14.7 Å². The van der Waals surface area contributed by atoms with Gasteiger partial charge in [-0.05, 0) is 47.7 Å². The molecule has 1 aliphatic carbocycles. The summed E-state index contributed by atoms with van der Waals surface area (Å²) in [5, 5.41) is 0. The summed E-state index contributed by atoms with van der Waals surface area (Å²) in [6.45, 7) is 6.81. The van der Waals surface area contributed by atoms with Gasteiger partial charge in [0, 0.05) is 39.3 Å². The maximum absolute atomic E-state index is 12.4. The zero-order valence-corrected chi connectivity index (χ0v) is 19.5. The van der Waals surface area contributed by atoms with E-state index in [9.17, 15) is 4.79 Å². The van der Waals surface area contributed by atoms with Crippen molar-refractivity contribution in [2.45, 2.75) is 32.0 Å². The highest BCUT2D eigenvalue weighted by Crippen LogP contribution is 2.26. The average Bonchev–Trinajstić information content (AvgIpc) is 3.22. The first-order valence-electron chi connectivity index (χ1n) is 12.0. The van der Waals surface area contributed by atoms with E-state index >= 15 is 0 Å². The second-order valence-corrected chi connectivity index (χ2v) is 9.43. The topological polar surface area (TPSA) is 36.0 Å². The van der Waals surface area contributed by atoms with Gasteiger partial charge in [-0.3, -0.25) is 9.80 Å². The summed E-state index contributed by atoms with van der Waals surface area (Å²) < 4.78 is 5.63. The predicted octanol–water partition coefficient (Wildman–Crippen LogP) is 4.70. The van der Waals surface area contributed by atoms with Crippen molar-refractivity contribution < 1.29 is 9.53 Å².